The Balaban J connectivity index is 1.57. The fourth-order valence-electron chi connectivity index (χ4n) is 4.69. The van der Waals surface area contributed by atoms with Crippen LogP contribution in [0.4, 0.5) is 5.82 Å². The van der Waals surface area contributed by atoms with Crippen LogP contribution in [0.15, 0.2) is 48.8 Å². The van der Waals surface area contributed by atoms with Gasteiger partial charge in [0.1, 0.15) is 54.6 Å². The minimum Gasteiger partial charge on any atom is -0.464 e. The Labute approximate surface area is 249 Å². The van der Waals surface area contributed by atoms with Gasteiger partial charge in [0.25, 0.3) is 0 Å². The lowest BCUT2D eigenvalue weighted by atomic mass is 9.96. The van der Waals surface area contributed by atoms with E-state index in [-0.39, 0.29) is 30.5 Å². The van der Waals surface area contributed by atoms with Crippen molar-refractivity contribution in [3.05, 3.63) is 54.5 Å². The van der Waals surface area contributed by atoms with Crippen LogP contribution in [-0.4, -0.2) is 67.8 Å². The van der Waals surface area contributed by atoms with E-state index in [0.29, 0.717) is 11.2 Å². The number of para-hydroxylation sites is 1. The predicted molar refractivity (Wildman–Crippen MR) is 154 cm³/mol. The highest BCUT2D eigenvalue weighted by atomic mass is 31.2. The van der Waals surface area contributed by atoms with E-state index < -0.39 is 50.3 Å². The van der Waals surface area contributed by atoms with Gasteiger partial charge in [-0.3, -0.25) is 9.32 Å². The third-order valence-corrected chi connectivity index (χ3v) is 9.03. The fraction of sp³-hybridized carbons (Fsp3) is 0.500. The Morgan fingerprint density at radius 3 is 2.58 bits per heavy atom. The van der Waals surface area contributed by atoms with Gasteiger partial charge >= 0.3 is 13.7 Å². The van der Waals surface area contributed by atoms with Gasteiger partial charge in [-0.1, -0.05) is 51.8 Å². The van der Waals surface area contributed by atoms with Crippen LogP contribution in [0.5, 0.6) is 5.75 Å². The molecule has 1 fully saturated rings. The molecule has 5 N–H and O–H groups in total. The number of hydrogen-bond donors (Lipinski definition) is 4. The number of ether oxygens (including phenoxy) is 2. The molecule has 232 valence electrons. The van der Waals surface area contributed by atoms with Gasteiger partial charge in [0, 0.05) is 0 Å². The SMILES string of the molecule is CCC(CC)COC(=O)[C@H](CC)NP(=O)(OC[C@@]1(C#N)O[C@@H](c2ccc3c(N)ncnn23)[C@H](O)[C@@H]1O)Oc1ccccc1. The van der Waals surface area contributed by atoms with Crippen molar-refractivity contribution in [2.45, 2.75) is 70.0 Å². The number of nitrogen functional groups attached to an aromatic ring is 1. The van der Waals surface area contributed by atoms with E-state index in [9.17, 15) is 24.8 Å². The number of hydrogen-bond acceptors (Lipinski definition) is 12. The number of nitrogens with zero attached hydrogens (tertiary/aromatic N) is 4. The summed E-state index contributed by atoms with van der Waals surface area (Å²) in [6, 6.07) is 12.1. The maximum atomic E-state index is 14.1. The molecule has 1 aromatic carbocycles. The molecular formula is C28H37N6O8P. The molecule has 4 rings (SSSR count). The van der Waals surface area contributed by atoms with Gasteiger partial charge in [-0.15, -0.1) is 0 Å². The third-order valence-electron chi connectivity index (χ3n) is 7.48. The first-order chi connectivity index (χ1) is 20.6. The second-order valence-electron chi connectivity index (χ2n) is 10.3. The molecule has 1 unspecified atom stereocenters. The number of nitrogens with two attached hydrogens (primary N) is 1. The maximum Gasteiger partial charge on any atom is 0.459 e. The first-order valence-corrected chi connectivity index (χ1v) is 15.6. The van der Waals surface area contributed by atoms with Gasteiger partial charge in [-0.2, -0.15) is 15.4 Å². The Kier molecular flexibility index (Phi) is 10.4. The number of carbonyl (C=O) groups is 1. The van der Waals surface area contributed by atoms with Crippen molar-refractivity contribution in [1.29, 1.82) is 5.26 Å². The Morgan fingerprint density at radius 2 is 1.93 bits per heavy atom. The summed E-state index contributed by atoms with van der Waals surface area (Å²) in [4.78, 5) is 16.9. The number of benzene rings is 1. The van der Waals surface area contributed by atoms with Crippen molar-refractivity contribution in [3.8, 4) is 11.8 Å². The molecular weight excluding hydrogens is 579 g/mol. The molecule has 1 saturated heterocycles. The Bertz CT molecular complexity index is 1480. The lowest BCUT2D eigenvalue weighted by molar-refractivity contribution is -0.147. The standard InChI is InChI=1S/C28H37N6O8P/c1-4-18(5-2)14-39-27(37)20(6-3)33-43(38,42-19-10-8-7-9-11-19)40-16-28(15-29)25(36)23(35)24(41-28)21-12-13-22-26(30)31-17-32-34(21)22/h7-13,17-18,20,23-25,35-36H,4-6,14,16H2,1-3H3,(H,33,38)(H2,30,31,32)/t20-,23-,24-,25-,28+,43?/m0/s1. The van der Waals surface area contributed by atoms with E-state index in [1.165, 1.54) is 23.0 Å². The number of anilines is 1. The zero-order valence-electron chi connectivity index (χ0n) is 24.2. The van der Waals surface area contributed by atoms with Crippen LogP contribution in [0.25, 0.3) is 5.52 Å². The summed E-state index contributed by atoms with van der Waals surface area (Å²) in [7, 11) is -4.43. The summed E-state index contributed by atoms with van der Waals surface area (Å²) in [6.07, 6.45) is -1.56. The van der Waals surface area contributed by atoms with Crippen molar-refractivity contribution in [2.75, 3.05) is 18.9 Å². The van der Waals surface area contributed by atoms with Crippen molar-refractivity contribution in [1.82, 2.24) is 19.7 Å². The van der Waals surface area contributed by atoms with Crippen LogP contribution in [0.3, 0.4) is 0 Å². The molecule has 0 spiro atoms. The molecule has 3 heterocycles. The van der Waals surface area contributed by atoms with Gasteiger partial charge < -0.3 is 29.9 Å². The zero-order chi connectivity index (χ0) is 31.2. The summed E-state index contributed by atoms with van der Waals surface area (Å²) >= 11 is 0. The monoisotopic (exact) mass is 616 g/mol. The van der Waals surface area contributed by atoms with Crippen molar-refractivity contribution in [3.63, 3.8) is 0 Å². The molecule has 6 atom stereocenters. The van der Waals surface area contributed by atoms with Gasteiger partial charge in [0.05, 0.1) is 12.3 Å². The fourth-order valence-corrected chi connectivity index (χ4v) is 6.30. The lowest BCUT2D eigenvalue weighted by Crippen LogP contribution is -2.46. The summed E-state index contributed by atoms with van der Waals surface area (Å²) in [5.74, 6) is -0.120. The quantitative estimate of drug-likeness (QED) is 0.152. The van der Waals surface area contributed by atoms with Crippen LogP contribution >= 0.6 is 7.75 Å². The van der Waals surface area contributed by atoms with Crippen LogP contribution in [-0.2, 0) is 23.4 Å². The van der Waals surface area contributed by atoms with E-state index >= 15 is 0 Å². The normalized spacial score (nSPS) is 24.0. The zero-order valence-corrected chi connectivity index (χ0v) is 25.1. The van der Waals surface area contributed by atoms with E-state index in [4.69, 9.17) is 24.3 Å². The largest absolute Gasteiger partial charge is 0.464 e. The smallest absolute Gasteiger partial charge is 0.459 e. The molecule has 3 aromatic rings. The van der Waals surface area contributed by atoms with E-state index in [0.717, 1.165) is 12.8 Å². The molecule has 0 radical (unpaired) electrons. The minimum atomic E-state index is -4.43. The summed E-state index contributed by atoms with van der Waals surface area (Å²) in [5.41, 5.74) is 4.45. The number of fused-ring (bicyclic) bond motifs is 1. The van der Waals surface area contributed by atoms with Gasteiger partial charge in [0.15, 0.2) is 5.82 Å². The molecule has 2 aromatic heterocycles. The predicted octanol–water partition coefficient (Wildman–Crippen LogP) is 2.92. The minimum absolute atomic E-state index is 0.160. The number of esters is 1. The van der Waals surface area contributed by atoms with E-state index in [1.807, 2.05) is 19.9 Å². The Hall–Kier alpha value is -3.57. The molecule has 0 aliphatic carbocycles. The lowest BCUT2D eigenvalue weighted by Gasteiger charge is -2.29. The van der Waals surface area contributed by atoms with Gasteiger partial charge in [-0.05, 0) is 36.6 Å². The van der Waals surface area contributed by atoms with E-state index in [2.05, 4.69) is 15.2 Å². The maximum absolute atomic E-state index is 14.1. The number of nitriles is 1. The highest BCUT2D eigenvalue weighted by molar-refractivity contribution is 7.52. The first kappa shape index (κ1) is 32.3. The molecule has 0 amide bonds. The first-order valence-electron chi connectivity index (χ1n) is 14.1. The second kappa shape index (κ2) is 13.8. The number of nitrogens with one attached hydrogen (secondary N) is 1. The number of aliphatic hydroxyl groups is 2. The number of aliphatic hydroxyl groups excluding tert-OH is 2. The average Bonchev–Trinajstić information content (AvgIpc) is 3.55. The van der Waals surface area contributed by atoms with Gasteiger partial charge in [0.2, 0.25) is 5.60 Å². The second-order valence-corrected chi connectivity index (χ2v) is 11.9. The van der Waals surface area contributed by atoms with Crippen LogP contribution < -0.4 is 15.3 Å². The molecule has 14 nitrogen and oxygen atoms in total. The van der Waals surface area contributed by atoms with Crippen LogP contribution in [0.1, 0.15) is 51.8 Å². The topological polar surface area (TPSA) is 204 Å². The molecule has 0 bridgehead atoms. The average molecular weight is 617 g/mol. The van der Waals surface area contributed by atoms with E-state index in [1.54, 1.807) is 37.3 Å². The van der Waals surface area contributed by atoms with Crippen molar-refractivity contribution < 1.29 is 38.1 Å². The molecule has 1 aliphatic rings. The number of rotatable bonds is 14. The number of aromatic nitrogens is 3. The Morgan fingerprint density at radius 1 is 1.21 bits per heavy atom. The molecule has 43 heavy (non-hydrogen) atoms. The number of carbonyl (C=O) groups excluding carboxylic acids is 1. The summed E-state index contributed by atoms with van der Waals surface area (Å²) in [5, 5.41) is 38.9. The van der Waals surface area contributed by atoms with Crippen LogP contribution in [0.2, 0.25) is 0 Å². The van der Waals surface area contributed by atoms with Crippen LogP contribution in [0, 0.1) is 17.2 Å². The molecule has 15 heteroatoms. The highest BCUT2D eigenvalue weighted by Gasteiger charge is 2.57. The highest BCUT2D eigenvalue weighted by Crippen LogP contribution is 2.48. The molecule has 0 saturated carbocycles. The summed E-state index contributed by atoms with van der Waals surface area (Å²) in [6.45, 7) is 5.11. The third kappa shape index (κ3) is 6.99. The van der Waals surface area contributed by atoms with Crippen molar-refractivity contribution >= 4 is 25.1 Å². The van der Waals surface area contributed by atoms with Crippen molar-refractivity contribution in [2.24, 2.45) is 5.92 Å². The van der Waals surface area contributed by atoms with Gasteiger partial charge in [-0.25, -0.2) is 14.1 Å². The summed E-state index contributed by atoms with van der Waals surface area (Å²) < 4.78 is 38.3. The molecule has 1 aliphatic heterocycles.